The maximum atomic E-state index is 12.0. The van der Waals surface area contributed by atoms with Gasteiger partial charge >= 0.3 is 0 Å². The standard InChI is InChI=1S/C17H21N5O2S/c1-25(23,24)22-9-3-2-4-14(22)12-21-11-13(10-20-21)15-5-7-18-17-16(15)6-8-19-17/h5-8,10-11,14H,2-4,9,12H2,1H3,(H,18,19). The third kappa shape index (κ3) is 3.19. The molecule has 1 aliphatic heterocycles. The highest BCUT2D eigenvalue weighted by Gasteiger charge is 2.29. The van der Waals surface area contributed by atoms with E-state index >= 15 is 0 Å². The first-order chi connectivity index (χ1) is 12.0. The lowest BCUT2D eigenvalue weighted by molar-refractivity contribution is 0.225. The molecule has 25 heavy (non-hydrogen) atoms. The number of hydrogen-bond acceptors (Lipinski definition) is 4. The highest BCUT2D eigenvalue weighted by Crippen LogP contribution is 2.27. The minimum Gasteiger partial charge on any atom is -0.346 e. The normalized spacial score (nSPS) is 19.5. The highest BCUT2D eigenvalue weighted by atomic mass is 32.2. The van der Waals surface area contributed by atoms with Crippen LogP contribution in [-0.2, 0) is 16.6 Å². The van der Waals surface area contributed by atoms with Gasteiger partial charge < -0.3 is 4.98 Å². The average Bonchev–Trinajstić information content (AvgIpc) is 3.23. The number of nitrogens with zero attached hydrogens (tertiary/aromatic N) is 4. The maximum absolute atomic E-state index is 12.0. The van der Waals surface area contributed by atoms with E-state index in [2.05, 4.69) is 15.1 Å². The summed E-state index contributed by atoms with van der Waals surface area (Å²) in [6.45, 7) is 1.18. The topological polar surface area (TPSA) is 83.9 Å². The Bertz CT molecular complexity index is 991. The number of sulfonamides is 1. The molecule has 0 aromatic carbocycles. The molecule has 0 bridgehead atoms. The minimum atomic E-state index is -3.18. The van der Waals surface area contributed by atoms with Crippen LogP contribution in [0.3, 0.4) is 0 Å². The fourth-order valence-corrected chi connectivity index (χ4v) is 4.80. The number of aromatic amines is 1. The lowest BCUT2D eigenvalue weighted by atomic mass is 10.1. The molecule has 1 N–H and O–H groups in total. The van der Waals surface area contributed by atoms with Gasteiger partial charge in [0, 0.05) is 42.1 Å². The van der Waals surface area contributed by atoms with Crippen molar-refractivity contribution in [2.24, 2.45) is 0 Å². The molecule has 7 nitrogen and oxygen atoms in total. The van der Waals surface area contributed by atoms with E-state index in [1.807, 2.05) is 35.4 Å². The predicted octanol–water partition coefficient (Wildman–Crippen LogP) is 2.24. The summed E-state index contributed by atoms with van der Waals surface area (Å²) in [6, 6.07) is 3.95. The fraction of sp³-hybridized carbons (Fsp3) is 0.412. The fourth-order valence-electron chi connectivity index (χ4n) is 3.62. The van der Waals surface area contributed by atoms with Gasteiger partial charge in [0.2, 0.25) is 10.0 Å². The minimum absolute atomic E-state index is 0.0267. The van der Waals surface area contributed by atoms with Gasteiger partial charge in [-0.1, -0.05) is 6.42 Å². The van der Waals surface area contributed by atoms with Crippen LogP contribution in [0, 0.1) is 0 Å². The molecule has 1 atom stereocenters. The molecule has 132 valence electrons. The summed E-state index contributed by atoms with van der Waals surface area (Å²) >= 11 is 0. The third-order valence-corrected chi connectivity index (χ3v) is 6.13. The lowest BCUT2D eigenvalue weighted by Crippen LogP contribution is -2.45. The third-order valence-electron chi connectivity index (χ3n) is 4.80. The molecule has 0 radical (unpaired) electrons. The van der Waals surface area contributed by atoms with Crippen LogP contribution in [-0.4, -0.2) is 51.3 Å². The first-order valence-corrected chi connectivity index (χ1v) is 10.3. The van der Waals surface area contributed by atoms with Crippen LogP contribution in [0.2, 0.25) is 0 Å². The Balaban J connectivity index is 1.60. The molecule has 0 aliphatic carbocycles. The van der Waals surface area contributed by atoms with Crippen molar-refractivity contribution < 1.29 is 8.42 Å². The molecule has 0 amide bonds. The second-order valence-electron chi connectivity index (χ2n) is 6.57. The van der Waals surface area contributed by atoms with E-state index in [0.29, 0.717) is 13.1 Å². The van der Waals surface area contributed by atoms with Gasteiger partial charge in [0.15, 0.2) is 0 Å². The van der Waals surface area contributed by atoms with Crippen LogP contribution >= 0.6 is 0 Å². The summed E-state index contributed by atoms with van der Waals surface area (Å²) in [6.07, 6.45) is 11.6. The van der Waals surface area contributed by atoms with Gasteiger partial charge in [0.05, 0.1) is 19.0 Å². The van der Waals surface area contributed by atoms with Gasteiger partial charge in [-0.3, -0.25) is 4.68 Å². The van der Waals surface area contributed by atoms with Crippen molar-refractivity contribution >= 4 is 21.1 Å². The summed E-state index contributed by atoms with van der Waals surface area (Å²) in [5.41, 5.74) is 2.93. The molecule has 1 saturated heterocycles. The van der Waals surface area contributed by atoms with Gasteiger partial charge in [0.1, 0.15) is 5.65 Å². The zero-order valence-electron chi connectivity index (χ0n) is 14.1. The van der Waals surface area contributed by atoms with Crippen LogP contribution in [0.5, 0.6) is 0 Å². The number of hydrogen-bond donors (Lipinski definition) is 1. The Morgan fingerprint density at radius 1 is 1.32 bits per heavy atom. The summed E-state index contributed by atoms with van der Waals surface area (Å²) in [5.74, 6) is 0. The molecular formula is C17H21N5O2S. The van der Waals surface area contributed by atoms with Crippen molar-refractivity contribution in [1.29, 1.82) is 0 Å². The van der Waals surface area contributed by atoms with Gasteiger partial charge in [-0.25, -0.2) is 13.4 Å². The van der Waals surface area contributed by atoms with Crippen LogP contribution in [0.15, 0.2) is 36.9 Å². The molecule has 3 aromatic heterocycles. The van der Waals surface area contributed by atoms with E-state index in [1.165, 1.54) is 6.26 Å². The number of pyridine rings is 1. The summed E-state index contributed by atoms with van der Waals surface area (Å²) in [4.78, 5) is 7.42. The van der Waals surface area contributed by atoms with Crippen molar-refractivity contribution in [2.75, 3.05) is 12.8 Å². The van der Waals surface area contributed by atoms with Gasteiger partial charge in [0.25, 0.3) is 0 Å². The Morgan fingerprint density at radius 3 is 3.04 bits per heavy atom. The number of aromatic nitrogens is 4. The number of piperidine rings is 1. The summed E-state index contributed by atoms with van der Waals surface area (Å²) < 4.78 is 27.5. The van der Waals surface area contributed by atoms with E-state index in [4.69, 9.17) is 0 Å². The van der Waals surface area contributed by atoms with Crippen LogP contribution in [0.25, 0.3) is 22.2 Å². The molecule has 4 heterocycles. The summed E-state index contributed by atoms with van der Waals surface area (Å²) in [7, 11) is -3.18. The van der Waals surface area contributed by atoms with Crippen LogP contribution in [0.4, 0.5) is 0 Å². The Kier molecular flexibility index (Phi) is 4.09. The molecule has 1 unspecified atom stereocenters. The largest absolute Gasteiger partial charge is 0.346 e. The number of fused-ring (bicyclic) bond motifs is 1. The zero-order chi connectivity index (χ0) is 17.4. The molecular weight excluding hydrogens is 338 g/mol. The van der Waals surface area contributed by atoms with Crippen molar-refractivity contribution in [3.63, 3.8) is 0 Å². The maximum Gasteiger partial charge on any atom is 0.211 e. The molecule has 0 saturated carbocycles. The van der Waals surface area contributed by atoms with E-state index in [-0.39, 0.29) is 6.04 Å². The van der Waals surface area contributed by atoms with E-state index < -0.39 is 10.0 Å². The molecule has 0 spiro atoms. The van der Waals surface area contributed by atoms with Crippen molar-refractivity contribution in [1.82, 2.24) is 24.1 Å². The van der Waals surface area contributed by atoms with E-state index in [1.54, 1.807) is 10.5 Å². The zero-order valence-corrected chi connectivity index (χ0v) is 14.9. The quantitative estimate of drug-likeness (QED) is 0.774. The van der Waals surface area contributed by atoms with Gasteiger partial charge in [-0.05, 0) is 30.5 Å². The van der Waals surface area contributed by atoms with Crippen molar-refractivity contribution in [2.45, 2.75) is 31.8 Å². The number of H-pyrrole nitrogens is 1. The second kappa shape index (κ2) is 6.27. The van der Waals surface area contributed by atoms with E-state index in [0.717, 1.165) is 41.4 Å². The Labute approximate surface area is 146 Å². The van der Waals surface area contributed by atoms with E-state index in [9.17, 15) is 8.42 Å². The average molecular weight is 359 g/mol. The number of nitrogens with one attached hydrogen (secondary N) is 1. The summed E-state index contributed by atoms with van der Waals surface area (Å²) in [5, 5.41) is 5.51. The first-order valence-electron chi connectivity index (χ1n) is 8.44. The molecule has 1 fully saturated rings. The Morgan fingerprint density at radius 2 is 2.20 bits per heavy atom. The van der Waals surface area contributed by atoms with Crippen LogP contribution < -0.4 is 0 Å². The first kappa shape index (κ1) is 16.3. The van der Waals surface area contributed by atoms with Crippen molar-refractivity contribution in [3.8, 4) is 11.1 Å². The monoisotopic (exact) mass is 359 g/mol. The molecule has 4 rings (SSSR count). The predicted molar refractivity (Wildman–Crippen MR) is 96.5 cm³/mol. The molecule has 8 heteroatoms. The Hall–Kier alpha value is -2.19. The van der Waals surface area contributed by atoms with Gasteiger partial charge in [-0.15, -0.1) is 0 Å². The molecule has 3 aromatic rings. The molecule has 1 aliphatic rings. The highest BCUT2D eigenvalue weighted by molar-refractivity contribution is 7.88. The SMILES string of the molecule is CS(=O)(=O)N1CCCCC1Cn1cc(-c2ccnc3[nH]ccc23)cn1. The van der Waals surface area contributed by atoms with Crippen molar-refractivity contribution in [3.05, 3.63) is 36.9 Å². The smallest absolute Gasteiger partial charge is 0.211 e. The van der Waals surface area contributed by atoms with Gasteiger partial charge in [-0.2, -0.15) is 9.40 Å². The lowest BCUT2D eigenvalue weighted by Gasteiger charge is -2.33. The second-order valence-corrected chi connectivity index (χ2v) is 8.51. The van der Waals surface area contributed by atoms with Crippen LogP contribution in [0.1, 0.15) is 19.3 Å². The number of rotatable bonds is 4.